The first-order valence-corrected chi connectivity index (χ1v) is 11.4. The van der Waals surface area contributed by atoms with Gasteiger partial charge in [-0.25, -0.2) is 4.79 Å². The lowest BCUT2D eigenvalue weighted by Crippen LogP contribution is -2.24. The molecule has 0 N–H and O–H groups in total. The van der Waals surface area contributed by atoms with Crippen LogP contribution < -0.4 is 19.1 Å². The fraction of sp³-hybridized carbons (Fsp3) is 0.333. The van der Waals surface area contributed by atoms with E-state index in [9.17, 15) is 9.59 Å². The number of benzene rings is 2. The van der Waals surface area contributed by atoms with E-state index in [2.05, 4.69) is 0 Å². The summed E-state index contributed by atoms with van der Waals surface area (Å²) in [5, 5.41) is 0. The molecular weight excluding hydrogens is 434 g/mol. The Balaban J connectivity index is 2.06. The minimum atomic E-state index is -0.538. The standard InChI is InChI=1S/C27H31NO6/c1-6-15-34-23-14-9-19(17-24(23)32-7-2)16-22-25(27(30)33-8-3)18(4)28(26(22)29)20-10-12-21(31-5)13-11-20/h9-14,16-17H,6-8,15H2,1-5H3/b22-16-. The fourth-order valence-corrected chi connectivity index (χ4v) is 3.70. The number of nitrogens with zero attached hydrogens (tertiary/aromatic N) is 1. The Morgan fingerprint density at radius 3 is 2.32 bits per heavy atom. The first-order valence-electron chi connectivity index (χ1n) is 11.4. The average molecular weight is 466 g/mol. The summed E-state index contributed by atoms with van der Waals surface area (Å²) < 4.78 is 22.0. The van der Waals surface area contributed by atoms with Gasteiger partial charge in [-0.1, -0.05) is 13.0 Å². The molecule has 0 spiro atoms. The van der Waals surface area contributed by atoms with Gasteiger partial charge in [-0.2, -0.15) is 0 Å². The lowest BCUT2D eigenvalue weighted by atomic mass is 10.0. The van der Waals surface area contributed by atoms with Crippen LogP contribution >= 0.6 is 0 Å². The molecule has 180 valence electrons. The highest BCUT2D eigenvalue weighted by atomic mass is 16.5. The third-order valence-electron chi connectivity index (χ3n) is 5.25. The molecule has 0 unspecified atom stereocenters. The van der Waals surface area contributed by atoms with Crippen molar-refractivity contribution >= 4 is 23.6 Å². The molecule has 0 saturated carbocycles. The maximum Gasteiger partial charge on any atom is 0.340 e. The van der Waals surface area contributed by atoms with Crippen molar-refractivity contribution in [3.63, 3.8) is 0 Å². The Labute approximate surface area is 200 Å². The Hall–Kier alpha value is -3.74. The zero-order valence-corrected chi connectivity index (χ0v) is 20.3. The number of amides is 1. The van der Waals surface area contributed by atoms with Crippen molar-refractivity contribution in [1.29, 1.82) is 0 Å². The highest BCUT2D eigenvalue weighted by Crippen LogP contribution is 2.37. The molecule has 7 nitrogen and oxygen atoms in total. The maximum atomic E-state index is 13.5. The highest BCUT2D eigenvalue weighted by molar-refractivity contribution is 6.23. The quantitative estimate of drug-likeness (QED) is 0.357. The van der Waals surface area contributed by atoms with Gasteiger partial charge in [-0.05, 0) is 75.2 Å². The Bertz CT molecular complexity index is 1100. The first-order chi connectivity index (χ1) is 16.4. The molecule has 0 radical (unpaired) electrons. The average Bonchev–Trinajstić information content (AvgIpc) is 3.08. The van der Waals surface area contributed by atoms with Crippen molar-refractivity contribution in [3.8, 4) is 17.2 Å². The predicted molar refractivity (Wildman–Crippen MR) is 131 cm³/mol. The number of allylic oxidation sites excluding steroid dienone is 1. The normalized spacial score (nSPS) is 14.6. The van der Waals surface area contributed by atoms with Crippen molar-refractivity contribution in [2.45, 2.75) is 34.1 Å². The van der Waals surface area contributed by atoms with Crippen LogP contribution in [-0.2, 0) is 14.3 Å². The molecular formula is C27H31NO6. The lowest BCUT2D eigenvalue weighted by molar-refractivity contribution is -0.138. The van der Waals surface area contributed by atoms with Crippen LogP contribution in [0, 0.1) is 0 Å². The minimum absolute atomic E-state index is 0.206. The number of rotatable bonds is 10. The van der Waals surface area contributed by atoms with Gasteiger partial charge >= 0.3 is 5.97 Å². The van der Waals surface area contributed by atoms with E-state index in [0.29, 0.717) is 47.4 Å². The first kappa shape index (κ1) is 24.9. The van der Waals surface area contributed by atoms with Gasteiger partial charge in [0.15, 0.2) is 11.5 Å². The summed E-state index contributed by atoms with van der Waals surface area (Å²) in [6.45, 7) is 8.65. The van der Waals surface area contributed by atoms with Crippen LogP contribution in [0.4, 0.5) is 5.69 Å². The van der Waals surface area contributed by atoms with Crippen molar-refractivity contribution in [2.75, 3.05) is 31.8 Å². The molecule has 1 aliphatic rings. The molecule has 2 aromatic carbocycles. The van der Waals surface area contributed by atoms with Crippen molar-refractivity contribution < 1.29 is 28.5 Å². The number of ether oxygens (including phenoxy) is 4. The fourth-order valence-electron chi connectivity index (χ4n) is 3.70. The minimum Gasteiger partial charge on any atom is -0.497 e. The van der Waals surface area contributed by atoms with E-state index in [1.165, 1.54) is 4.90 Å². The van der Waals surface area contributed by atoms with Crippen molar-refractivity contribution in [3.05, 3.63) is 64.9 Å². The van der Waals surface area contributed by atoms with Gasteiger partial charge in [0.2, 0.25) is 0 Å². The number of methoxy groups -OCH3 is 1. The Morgan fingerprint density at radius 2 is 1.71 bits per heavy atom. The van der Waals surface area contributed by atoms with E-state index in [1.54, 1.807) is 51.3 Å². The van der Waals surface area contributed by atoms with Crippen LogP contribution in [0.15, 0.2) is 59.3 Å². The van der Waals surface area contributed by atoms with E-state index >= 15 is 0 Å². The number of esters is 1. The van der Waals surface area contributed by atoms with Crippen LogP contribution in [-0.4, -0.2) is 38.8 Å². The summed E-state index contributed by atoms with van der Waals surface area (Å²) >= 11 is 0. The third-order valence-corrected chi connectivity index (χ3v) is 5.25. The van der Waals surface area contributed by atoms with Crippen LogP contribution in [0.2, 0.25) is 0 Å². The van der Waals surface area contributed by atoms with Gasteiger partial charge in [0.1, 0.15) is 5.75 Å². The third kappa shape index (κ3) is 5.25. The second-order valence-electron chi connectivity index (χ2n) is 7.57. The summed E-state index contributed by atoms with van der Waals surface area (Å²) in [6.07, 6.45) is 2.56. The van der Waals surface area contributed by atoms with Gasteiger partial charge in [0.25, 0.3) is 5.91 Å². The lowest BCUT2D eigenvalue weighted by Gasteiger charge is -2.18. The van der Waals surface area contributed by atoms with E-state index < -0.39 is 5.97 Å². The smallest absolute Gasteiger partial charge is 0.340 e. The monoisotopic (exact) mass is 465 g/mol. The Kier molecular flexibility index (Phi) is 8.35. The molecule has 0 bridgehead atoms. The predicted octanol–water partition coefficient (Wildman–Crippen LogP) is 5.15. The van der Waals surface area contributed by atoms with E-state index in [0.717, 1.165) is 6.42 Å². The molecule has 0 aliphatic carbocycles. The summed E-state index contributed by atoms with van der Waals surface area (Å²) in [5.74, 6) is 1.05. The van der Waals surface area contributed by atoms with Crippen LogP contribution in [0.25, 0.3) is 6.08 Å². The van der Waals surface area contributed by atoms with Gasteiger partial charge in [-0.15, -0.1) is 0 Å². The summed E-state index contributed by atoms with van der Waals surface area (Å²) in [5.41, 5.74) is 2.35. The molecule has 34 heavy (non-hydrogen) atoms. The molecule has 7 heteroatoms. The molecule has 0 aromatic heterocycles. The molecule has 0 fully saturated rings. The molecule has 1 amide bonds. The summed E-state index contributed by atoms with van der Waals surface area (Å²) in [7, 11) is 1.58. The molecule has 1 heterocycles. The zero-order chi connectivity index (χ0) is 24.7. The maximum absolute atomic E-state index is 13.5. The molecule has 0 saturated heterocycles. The summed E-state index contributed by atoms with van der Waals surface area (Å²) in [6, 6.07) is 12.5. The van der Waals surface area contributed by atoms with Crippen molar-refractivity contribution in [2.24, 2.45) is 0 Å². The second kappa shape index (κ2) is 11.4. The number of carbonyl (C=O) groups excluding carboxylic acids is 2. The Morgan fingerprint density at radius 1 is 0.971 bits per heavy atom. The SMILES string of the molecule is CCCOc1ccc(/C=C2\C(=O)N(c3ccc(OC)cc3)C(C)=C2C(=O)OCC)cc1OCC. The van der Waals surface area contributed by atoms with Gasteiger partial charge in [0, 0.05) is 11.4 Å². The largest absolute Gasteiger partial charge is 0.497 e. The van der Waals surface area contributed by atoms with Gasteiger partial charge < -0.3 is 18.9 Å². The highest BCUT2D eigenvalue weighted by Gasteiger charge is 2.38. The van der Waals surface area contributed by atoms with Crippen LogP contribution in [0.1, 0.15) is 39.7 Å². The topological polar surface area (TPSA) is 74.3 Å². The van der Waals surface area contributed by atoms with E-state index in [4.69, 9.17) is 18.9 Å². The van der Waals surface area contributed by atoms with Crippen LogP contribution in [0.3, 0.4) is 0 Å². The number of hydrogen-bond donors (Lipinski definition) is 0. The molecule has 0 atom stereocenters. The number of hydrogen-bond acceptors (Lipinski definition) is 6. The second-order valence-corrected chi connectivity index (χ2v) is 7.57. The van der Waals surface area contributed by atoms with E-state index in [-0.39, 0.29) is 23.7 Å². The van der Waals surface area contributed by atoms with Gasteiger partial charge in [-0.3, -0.25) is 9.69 Å². The summed E-state index contributed by atoms with van der Waals surface area (Å²) in [4.78, 5) is 27.9. The number of anilines is 1. The molecule has 3 rings (SSSR count). The molecule has 2 aromatic rings. The van der Waals surface area contributed by atoms with Crippen molar-refractivity contribution in [1.82, 2.24) is 0 Å². The van der Waals surface area contributed by atoms with E-state index in [1.807, 2.05) is 32.0 Å². The number of carbonyl (C=O) groups is 2. The zero-order valence-electron chi connectivity index (χ0n) is 20.3. The van der Waals surface area contributed by atoms with Crippen LogP contribution in [0.5, 0.6) is 17.2 Å². The van der Waals surface area contributed by atoms with Gasteiger partial charge in [0.05, 0.1) is 38.1 Å². The molecule has 1 aliphatic heterocycles.